The molecule has 0 spiro atoms. The Balaban J connectivity index is 1.83. The van der Waals surface area contributed by atoms with Gasteiger partial charge >= 0.3 is 11.6 Å². The van der Waals surface area contributed by atoms with Crippen molar-refractivity contribution in [2.24, 2.45) is 0 Å². The van der Waals surface area contributed by atoms with Gasteiger partial charge in [-0.15, -0.1) is 0 Å². The fourth-order valence-electron chi connectivity index (χ4n) is 3.87. The molecule has 2 N–H and O–H groups in total. The van der Waals surface area contributed by atoms with Gasteiger partial charge in [0.15, 0.2) is 0 Å². The number of carbonyl (C=O) groups is 2. The number of hydrogen-bond acceptors (Lipinski definition) is 5. The zero-order chi connectivity index (χ0) is 22.0. The van der Waals surface area contributed by atoms with E-state index in [1.807, 2.05) is 33.8 Å². The number of carboxylic acid groups (broad SMARTS) is 1. The monoisotopic (exact) mass is 413 g/mol. The Bertz CT molecular complexity index is 1180. The van der Waals surface area contributed by atoms with Crippen LogP contribution in [0.3, 0.4) is 0 Å². The maximum Gasteiger partial charge on any atom is 0.340 e. The molecule has 1 aromatic carbocycles. The van der Waals surface area contributed by atoms with E-state index in [1.54, 1.807) is 0 Å². The molecular weight excluding hydrogens is 386 g/mol. The van der Waals surface area contributed by atoms with Crippen molar-refractivity contribution in [2.45, 2.75) is 59.8 Å². The molecule has 2 heterocycles. The highest BCUT2D eigenvalue weighted by molar-refractivity contribution is 6.07. The summed E-state index contributed by atoms with van der Waals surface area (Å²) in [5, 5.41) is 13.2. The number of aryl methyl sites for hydroxylation is 4. The summed E-state index contributed by atoms with van der Waals surface area (Å²) in [6.45, 7) is 8.11. The van der Waals surface area contributed by atoms with Crippen LogP contribution in [0.5, 0.6) is 0 Å². The van der Waals surface area contributed by atoms with Gasteiger partial charge in [-0.3, -0.25) is 9.59 Å². The van der Waals surface area contributed by atoms with Crippen molar-refractivity contribution in [1.82, 2.24) is 5.32 Å². The molecule has 1 amide bonds. The first-order chi connectivity index (χ1) is 14.2. The van der Waals surface area contributed by atoms with Gasteiger partial charge in [-0.25, -0.2) is 4.79 Å². The molecule has 30 heavy (non-hydrogen) atoms. The van der Waals surface area contributed by atoms with E-state index in [2.05, 4.69) is 5.32 Å². The van der Waals surface area contributed by atoms with Crippen LogP contribution in [0.1, 0.15) is 53.7 Å². The minimum absolute atomic E-state index is 0.0761. The van der Waals surface area contributed by atoms with Gasteiger partial charge in [-0.1, -0.05) is 6.42 Å². The molecule has 0 unspecified atom stereocenters. The van der Waals surface area contributed by atoms with E-state index in [4.69, 9.17) is 13.9 Å². The van der Waals surface area contributed by atoms with E-state index < -0.39 is 11.6 Å². The third-order valence-corrected chi connectivity index (χ3v) is 5.60. The summed E-state index contributed by atoms with van der Waals surface area (Å²) in [7, 11) is 0. The molecule has 0 aliphatic heterocycles. The van der Waals surface area contributed by atoms with Gasteiger partial charge in [0.1, 0.15) is 16.9 Å². The normalized spacial score (nSPS) is 11.3. The number of carboxylic acids is 1. The number of benzene rings is 1. The first-order valence-electron chi connectivity index (χ1n) is 10.1. The van der Waals surface area contributed by atoms with Crippen LogP contribution >= 0.6 is 0 Å². The second-order valence-electron chi connectivity index (χ2n) is 7.78. The van der Waals surface area contributed by atoms with E-state index in [1.165, 1.54) is 0 Å². The molecule has 2 aromatic heterocycles. The van der Waals surface area contributed by atoms with Crippen LogP contribution in [0.25, 0.3) is 21.9 Å². The zero-order valence-electron chi connectivity index (χ0n) is 17.8. The topological polar surface area (TPSA) is 110 Å². The standard InChI is InChI=1S/C23H27NO6/c1-12-10-17-21(22-20(12)13(2)15(4)29-22)14(3)16(23(28)30-17)11-18(25)24-9-7-5-6-8-19(26)27/h10H,5-9,11H2,1-4H3,(H,24,25)(H,26,27). The molecule has 0 aliphatic carbocycles. The molecular formula is C23H27NO6. The number of fused-ring (bicyclic) bond motifs is 3. The number of nitrogens with one attached hydrogen (secondary N) is 1. The highest BCUT2D eigenvalue weighted by Gasteiger charge is 2.21. The van der Waals surface area contributed by atoms with Crippen molar-refractivity contribution in [3.8, 4) is 0 Å². The summed E-state index contributed by atoms with van der Waals surface area (Å²) >= 11 is 0. The smallest absolute Gasteiger partial charge is 0.340 e. The first-order valence-corrected chi connectivity index (χ1v) is 10.1. The third-order valence-electron chi connectivity index (χ3n) is 5.60. The van der Waals surface area contributed by atoms with E-state index in [0.717, 1.165) is 34.1 Å². The van der Waals surface area contributed by atoms with Crippen LogP contribution in [0.15, 0.2) is 19.7 Å². The number of amides is 1. The number of furan rings is 1. The molecule has 0 radical (unpaired) electrons. The number of hydrogen-bond donors (Lipinski definition) is 2. The quantitative estimate of drug-likeness (QED) is 0.425. The van der Waals surface area contributed by atoms with Crippen LogP contribution in [0, 0.1) is 27.7 Å². The molecule has 3 rings (SSSR count). The molecule has 7 heteroatoms. The van der Waals surface area contributed by atoms with Gasteiger partial charge < -0.3 is 19.3 Å². The largest absolute Gasteiger partial charge is 0.481 e. The molecule has 0 bridgehead atoms. The lowest BCUT2D eigenvalue weighted by molar-refractivity contribution is -0.137. The molecule has 3 aromatic rings. The number of aliphatic carboxylic acids is 1. The van der Waals surface area contributed by atoms with Crippen molar-refractivity contribution in [3.05, 3.63) is 44.5 Å². The predicted molar refractivity (Wildman–Crippen MR) is 114 cm³/mol. The lowest BCUT2D eigenvalue weighted by atomic mass is 9.98. The Hall–Kier alpha value is -3.09. The average Bonchev–Trinajstić information content (AvgIpc) is 2.96. The van der Waals surface area contributed by atoms with E-state index >= 15 is 0 Å². The Morgan fingerprint density at radius 3 is 2.43 bits per heavy atom. The molecule has 0 atom stereocenters. The minimum Gasteiger partial charge on any atom is -0.481 e. The molecule has 0 aliphatic rings. The molecule has 0 saturated carbocycles. The van der Waals surface area contributed by atoms with Gasteiger partial charge in [-0.2, -0.15) is 0 Å². The molecule has 7 nitrogen and oxygen atoms in total. The van der Waals surface area contributed by atoms with Crippen molar-refractivity contribution in [2.75, 3.05) is 6.54 Å². The second-order valence-corrected chi connectivity index (χ2v) is 7.78. The van der Waals surface area contributed by atoms with Crippen molar-refractivity contribution in [1.29, 1.82) is 0 Å². The molecule has 160 valence electrons. The van der Waals surface area contributed by atoms with Crippen LogP contribution in [0.4, 0.5) is 0 Å². The number of carbonyl (C=O) groups excluding carboxylic acids is 1. The Morgan fingerprint density at radius 1 is 1.00 bits per heavy atom. The Morgan fingerprint density at radius 2 is 1.73 bits per heavy atom. The Kier molecular flexibility index (Phi) is 6.29. The van der Waals surface area contributed by atoms with Crippen LogP contribution in [-0.4, -0.2) is 23.5 Å². The van der Waals surface area contributed by atoms with E-state index in [-0.39, 0.29) is 18.7 Å². The maximum absolute atomic E-state index is 12.6. The number of unbranched alkanes of at least 4 members (excludes halogenated alkanes) is 2. The Labute approximate surface area is 174 Å². The maximum atomic E-state index is 12.6. The summed E-state index contributed by atoms with van der Waals surface area (Å²) in [6.07, 6.45) is 2.04. The zero-order valence-corrected chi connectivity index (χ0v) is 17.8. The third kappa shape index (κ3) is 4.25. The second kappa shape index (κ2) is 8.73. The average molecular weight is 413 g/mol. The summed E-state index contributed by atoms with van der Waals surface area (Å²) in [5.41, 5.74) is 3.66. The summed E-state index contributed by atoms with van der Waals surface area (Å²) < 4.78 is 11.5. The fourth-order valence-corrected chi connectivity index (χ4v) is 3.87. The van der Waals surface area contributed by atoms with Gasteiger partial charge in [0, 0.05) is 18.4 Å². The lowest BCUT2D eigenvalue weighted by Crippen LogP contribution is -2.28. The highest BCUT2D eigenvalue weighted by Crippen LogP contribution is 2.36. The van der Waals surface area contributed by atoms with Crippen LogP contribution in [0.2, 0.25) is 0 Å². The molecule has 0 fully saturated rings. The lowest BCUT2D eigenvalue weighted by Gasteiger charge is -2.10. The fraction of sp³-hybridized carbons (Fsp3) is 0.435. The highest BCUT2D eigenvalue weighted by atomic mass is 16.4. The van der Waals surface area contributed by atoms with Crippen molar-refractivity contribution >= 4 is 33.8 Å². The van der Waals surface area contributed by atoms with E-state index in [0.29, 0.717) is 41.7 Å². The van der Waals surface area contributed by atoms with Gasteiger partial charge in [0.2, 0.25) is 5.91 Å². The SMILES string of the molecule is Cc1oc2c(c(C)cc3oc(=O)c(CC(=O)NCCCCCC(=O)O)c(C)c32)c1C. The van der Waals surface area contributed by atoms with Gasteiger partial charge in [0.25, 0.3) is 0 Å². The minimum atomic E-state index is -0.816. The van der Waals surface area contributed by atoms with Crippen LogP contribution in [-0.2, 0) is 16.0 Å². The predicted octanol–water partition coefficient (Wildman–Crippen LogP) is 4.08. The summed E-state index contributed by atoms with van der Waals surface area (Å²) in [5.74, 6) is -0.268. The molecule has 0 saturated heterocycles. The van der Waals surface area contributed by atoms with E-state index in [9.17, 15) is 14.4 Å². The van der Waals surface area contributed by atoms with Crippen molar-refractivity contribution in [3.63, 3.8) is 0 Å². The van der Waals surface area contributed by atoms with Crippen molar-refractivity contribution < 1.29 is 23.5 Å². The first kappa shape index (κ1) is 21.6. The summed E-state index contributed by atoms with van der Waals surface area (Å²) in [4.78, 5) is 35.4. The van der Waals surface area contributed by atoms with Gasteiger partial charge in [0.05, 0.1) is 17.4 Å². The number of rotatable bonds is 8. The summed E-state index contributed by atoms with van der Waals surface area (Å²) in [6, 6.07) is 1.84. The van der Waals surface area contributed by atoms with Crippen LogP contribution < -0.4 is 10.9 Å². The van der Waals surface area contributed by atoms with Gasteiger partial charge in [-0.05, 0) is 63.3 Å².